The largest absolute Gasteiger partial charge is 1.00 e. The molecule has 2 rings (SSSR count). The summed E-state index contributed by atoms with van der Waals surface area (Å²) in [7, 11) is 1.62. The normalized spacial score (nSPS) is 9.72. The fourth-order valence-corrected chi connectivity index (χ4v) is 4.58. The van der Waals surface area contributed by atoms with Crippen LogP contribution in [-0.4, -0.2) is 7.11 Å². The monoisotopic (exact) mass is 414 g/mol. The van der Waals surface area contributed by atoms with Crippen molar-refractivity contribution in [2.45, 2.75) is 0 Å². The van der Waals surface area contributed by atoms with E-state index in [0.29, 0.717) is 10.8 Å². The third-order valence-electron chi connectivity index (χ3n) is 2.12. The zero-order valence-corrected chi connectivity index (χ0v) is 13.9. The van der Waals surface area contributed by atoms with Gasteiger partial charge in [-0.25, -0.2) is 0 Å². The number of hydrogen-bond donors (Lipinski definition) is 0. The van der Waals surface area contributed by atoms with Crippen molar-refractivity contribution in [3.63, 3.8) is 0 Å². The Morgan fingerprint density at radius 3 is 2.33 bits per heavy atom. The van der Waals surface area contributed by atoms with Gasteiger partial charge in [-0.2, -0.15) is 0 Å². The molecule has 0 aliphatic carbocycles. The van der Waals surface area contributed by atoms with E-state index in [1.54, 1.807) is 7.11 Å². The third kappa shape index (κ3) is 4.19. The third-order valence-corrected chi connectivity index (χ3v) is 5.24. The molecule has 0 amide bonds. The van der Waals surface area contributed by atoms with Crippen LogP contribution >= 0.6 is 23.2 Å². The number of methoxy groups -OCH3 is 1. The Morgan fingerprint density at radius 1 is 1.00 bits per heavy atom. The molecule has 0 spiro atoms. The second kappa shape index (κ2) is 7.43. The van der Waals surface area contributed by atoms with Gasteiger partial charge >= 0.3 is 21.2 Å². The summed E-state index contributed by atoms with van der Waals surface area (Å²) in [5.41, 5.74) is 0. The lowest BCUT2D eigenvalue weighted by molar-refractivity contribution is -0.597. The molecule has 0 bridgehead atoms. The van der Waals surface area contributed by atoms with Gasteiger partial charge in [0.1, 0.15) is 5.75 Å². The number of rotatable bonds is 3. The van der Waals surface area contributed by atoms with Crippen LogP contribution in [0.5, 0.6) is 5.75 Å². The molecule has 0 saturated carbocycles. The molecular formula is C13H10Cl3IO. The van der Waals surface area contributed by atoms with Crippen LogP contribution in [0, 0.1) is 7.14 Å². The van der Waals surface area contributed by atoms with Gasteiger partial charge in [-0.05, 0) is 24.3 Å². The summed E-state index contributed by atoms with van der Waals surface area (Å²) in [6.45, 7) is 0. The van der Waals surface area contributed by atoms with Gasteiger partial charge in [-0.3, -0.25) is 0 Å². The first kappa shape index (κ1) is 15.9. The molecule has 0 unspecified atom stereocenters. The minimum absolute atomic E-state index is 0. The van der Waals surface area contributed by atoms with Crippen molar-refractivity contribution < 1.29 is 38.3 Å². The van der Waals surface area contributed by atoms with E-state index in [1.165, 1.54) is 7.14 Å². The number of hydrogen-bond acceptors (Lipinski definition) is 1. The second-order valence-electron chi connectivity index (χ2n) is 3.31. The zero-order valence-electron chi connectivity index (χ0n) is 9.46. The first-order chi connectivity index (χ1) is 8.19. The van der Waals surface area contributed by atoms with Crippen molar-refractivity contribution in [1.29, 1.82) is 0 Å². The summed E-state index contributed by atoms with van der Waals surface area (Å²) in [5.74, 6) is 0.713. The van der Waals surface area contributed by atoms with Crippen molar-refractivity contribution in [3.05, 3.63) is 59.7 Å². The van der Waals surface area contributed by atoms with Crippen LogP contribution < -0.4 is 38.3 Å². The van der Waals surface area contributed by atoms with Crippen molar-refractivity contribution in [1.82, 2.24) is 0 Å². The quantitative estimate of drug-likeness (QED) is 0.534. The number of benzene rings is 2. The smallest absolute Gasteiger partial charge is 0.358 e. The standard InChI is InChI=1S/C13H10Cl2IO.ClH/c1-17-13-6-5-11(8-12(13)15)16-10-4-2-3-9(14)7-10;/h2-8H,1H3;1H/q+1;/p-1. The Labute approximate surface area is 133 Å². The fraction of sp³-hybridized carbons (Fsp3) is 0.0769. The maximum atomic E-state index is 6.09. The average molecular weight is 415 g/mol. The predicted molar refractivity (Wildman–Crippen MR) is 66.9 cm³/mol. The van der Waals surface area contributed by atoms with Crippen molar-refractivity contribution in [2.24, 2.45) is 0 Å². The van der Waals surface area contributed by atoms with E-state index in [1.807, 2.05) is 30.3 Å². The highest BCUT2D eigenvalue weighted by atomic mass is 127. The molecule has 0 aliphatic rings. The maximum Gasteiger partial charge on any atom is 0.358 e. The molecule has 0 N–H and O–H groups in total. The van der Waals surface area contributed by atoms with Gasteiger partial charge in [0.25, 0.3) is 0 Å². The zero-order chi connectivity index (χ0) is 12.3. The lowest BCUT2D eigenvalue weighted by atomic mass is 10.3. The van der Waals surface area contributed by atoms with Crippen LogP contribution in [0.1, 0.15) is 0 Å². The van der Waals surface area contributed by atoms with Gasteiger partial charge in [0, 0.05) is 17.2 Å². The van der Waals surface area contributed by atoms with Gasteiger partial charge < -0.3 is 17.1 Å². The molecule has 0 aromatic heterocycles. The fourth-order valence-electron chi connectivity index (χ4n) is 1.34. The highest BCUT2D eigenvalue weighted by Gasteiger charge is 2.17. The van der Waals surface area contributed by atoms with Gasteiger partial charge in [0.2, 0.25) is 0 Å². The Balaban J connectivity index is 0.00000162. The summed E-state index contributed by atoms with van der Waals surface area (Å²) in [6, 6.07) is 13.9. The van der Waals surface area contributed by atoms with Crippen LogP contribution in [0.25, 0.3) is 0 Å². The molecular weight excluding hydrogens is 405 g/mol. The lowest BCUT2D eigenvalue weighted by Gasteiger charge is -2.00. The van der Waals surface area contributed by atoms with E-state index in [9.17, 15) is 0 Å². The van der Waals surface area contributed by atoms with E-state index in [2.05, 4.69) is 12.1 Å². The lowest BCUT2D eigenvalue weighted by Crippen LogP contribution is -3.61. The molecule has 0 fully saturated rings. The summed E-state index contributed by atoms with van der Waals surface area (Å²) in [6.07, 6.45) is 0. The van der Waals surface area contributed by atoms with Crippen LogP contribution in [-0.2, 0) is 0 Å². The SMILES string of the molecule is COc1ccc([I+]c2cccc(Cl)c2)cc1Cl.[Cl-]. The van der Waals surface area contributed by atoms with Crippen LogP contribution in [0.15, 0.2) is 42.5 Å². The highest BCUT2D eigenvalue weighted by molar-refractivity contribution is 6.32. The van der Waals surface area contributed by atoms with E-state index >= 15 is 0 Å². The minimum Gasteiger partial charge on any atom is -1.00 e. The second-order valence-corrected chi connectivity index (χ2v) is 7.19. The van der Waals surface area contributed by atoms with Crippen molar-refractivity contribution in [3.8, 4) is 5.75 Å². The van der Waals surface area contributed by atoms with Gasteiger partial charge in [-0.15, -0.1) is 0 Å². The molecule has 2 aromatic carbocycles. The Morgan fingerprint density at radius 2 is 1.72 bits per heavy atom. The Bertz CT molecular complexity index is 531. The molecule has 1 nitrogen and oxygen atoms in total. The van der Waals surface area contributed by atoms with E-state index < -0.39 is 0 Å². The molecule has 0 heterocycles. The van der Waals surface area contributed by atoms with Gasteiger partial charge in [-0.1, -0.05) is 29.3 Å². The Hall–Kier alpha value is -0.160. The highest BCUT2D eigenvalue weighted by Crippen LogP contribution is 2.22. The summed E-state index contributed by atoms with van der Waals surface area (Å²) in [4.78, 5) is 0. The first-order valence-corrected chi connectivity index (χ1v) is 7.84. The van der Waals surface area contributed by atoms with Crippen LogP contribution in [0.2, 0.25) is 10.0 Å². The van der Waals surface area contributed by atoms with E-state index in [-0.39, 0.29) is 33.6 Å². The number of ether oxygens (including phenoxy) is 1. The maximum absolute atomic E-state index is 6.09. The molecule has 18 heavy (non-hydrogen) atoms. The predicted octanol–water partition coefficient (Wildman–Crippen LogP) is -1.87. The first-order valence-electron chi connectivity index (χ1n) is 4.93. The molecule has 2 aromatic rings. The van der Waals surface area contributed by atoms with E-state index in [0.717, 1.165) is 5.02 Å². The molecule has 0 saturated heterocycles. The van der Waals surface area contributed by atoms with Crippen LogP contribution in [0.3, 0.4) is 0 Å². The summed E-state index contributed by atoms with van der Waals surface area (Å²) >= 11 is 11.8. The molecule has 0 aliphatic heterocycles. The summed E-state index contributed by atoms with van der Waals surface area (Å²) in [5, 5.41) is 1.44. The molecule has 0 radical (unpaired) electrons. The molecule has 96 valence electrons. The molecule has 5 heteroatoms. The van der Waals surface area contributed by atoms with Crippen LogP contribution in [0.4, 0.5) is 0 Å². The van der Waals surface area contributed by atoms with Crippen molar-refractivity contribution in [2.75, 3.05) is 7.11 Å². The Kier molecular flexibility index (Phi) is 6.57. The number of halogens is 4. The van der Waals surface area contributed by atoms with E-state index in [4.69, 9.17) is 27.9 Å². The van der Waals surface area contributed by atoms with Crippen molar-refractivity contribution >= 4 is 23.2 Å². The van der Waals surface area contributed by atoms with Gasteiger partial charge in [0.05, 0.1) is 12.1 Å². The average Bonchev–Trinajstić information content (AvgIpc) is 2.29. The summed E-state index contributed by atoms with van der Waals surface area (Å²) < 4.78 is 7.65. The minimum atomic E-state index is -0.247. The van der Waals surface area contributed by atoms with Gasteiger partial charge in [0.15, 0.2) is 7.14 Å². The molecule has 0 atom stereocenters. The topological polar surface area (TPSA) is 9.23 Å².